The molecule has 0 aliphatic heterocycles. The van der Waals surface area contributed by atoms with Crippen molar-refractivity contribution >= 4 is 17.1 Å². The molecular formula is C33H28O3. The van der Waals surface area contributed by atoms with Gasteiger partial charge < -0.3 is 5.11 Å². The maximum Gasteiger partial charge on any atom is 0.168 e. The van der Waals surface area contributed by atoms with E-state index >= 15 is 0 Å². The van der Waals surface area contributed by atoms with Crippen LogP contribution in [0.1, 0.15) is 34.6 Å². The predicted octanol–water partition coefficient (Wildman–Crippen LogP) is 6.51. The smallest absolute Gasteiger partial charge is 0.168 e. The molecule has 5 rings (SSSR count). The first-order valence-corrected chi connectivity index (χ1v) is 12.2. The lowest BCUT2D eigenvalue weighted by Gasteiger charge is -2.50. The van der Waals surface area contributed by atoms with E-state index in [4.69, 9.17) is 0 Å². The van der Waals surface area contributed by atoms with Crippen molar-refractivity contribution in [1.82, 2.24) is 0 Å². The van der Waals surface area contributed by atoms with E-state index in [0.29, 0.717) is 24.0 Å². The number of aromatic hydroxyl groups is 1. The van der Waals surface area contributed by atoms with Gasteiger partial charge in [-0.05, 0) is 41.2 Å². The molecule has 0 bridgehead atoms. The van der Waals surface area contributed by atoms with Gasteiger partial charge in [-0.3, -0.25) is 9.59 Å². The molecule has 0 saturated carbocycles. The minimum Gasteiger partial charge on any atom is -0.507 e. The number of carbonyl (C=O) groups excluding carboxylic acids is 2. The summed E-state index contributed by atoms with van der Waals surface area (Å²) in [6, 6.07) is 24.5. The lowest BCUT2D eigenvalue weighted by molar-refractivity contribution is -0.131. The van der Waals surface area contributed by atoms with Crippen LogP contribution in [-0.4, -0.2) is 16.7 Å². The summed E-state index contributed by atoms with van der Waals surface area (Å²) in [6.45, 7) is 7.85. The van der Waals surface area contributed by atoms with Crippen molar-refractivity contribution in [3.8, 4) is 5.75 Å². The Labute approximate surface area is 211 Å². The molecule has 3 nitrogen and oxygen atoms in total. The Morgan fingerprint density at radius 3 is 2.28 bits per heavy atom. The number of phenolic OH excluding ortho intramolecular Hbond substituents is 1. The fourth-order valence-corrected chi connectivity index (χ4v) is 6.02. The molecule has 2 aliphatic rings. The molecule has 0 spiro atoms. The molecule has 0 saturated heterocycles. The summed E-state index contributed by atoms with van der Waals surface area (Å²) in [6.07, 6.45) is 7.91. The number of carbonyl (C=O) groups is 2. The lowest BCUT2D eigenvalue weighted by Crippen LogP contribution is -2.54. The van der Waals surface area contributed by atoms with Crippen LogP contribution >= 0.6 is 0 Å². The number of fused-ring (bicyclic) bond motifs is 1. The SMILES string of the molecule is C=CCc1cccc(C2C(C=C)=CCC3C(=O)C(c4ccccc4)=CC(=O)C32c2ccccc2)c1O. The molecule has 178 valence electrons. The van der Waals surface area contributed by atoms with Crippen molar-refractivity contribution in [2.75, 3.05) is 0 Å². The second-order valence-corrected chi connectivity index (χ2v) is 9.36. The number of Topliss-reactive ketones (excluding diaryl/α,β-unsaturated/α-hetero) is 1. The van der Waals surface area contributed by atoms with E-state index in [0.717, 1.165) is 22.3 Å². The van der Waals surface area contributed by atoms with Gasteiger partial charge in [0.2, 0.25) is 0 Å². The molecule has 0 radical (unpaired) electrons. The number of benzene rings is 3. The third-order valence-electron chi connectivity index (χ3n) is 7.59. The predicted molar refractivity (Wildman–Crippen MR) is 144 cm³/mol. The Balaban J connectivity index is 1.82. The van der Waals surface area contributed by atoms with E-state index in [1.165, 1.54) is 6.08 Å². The minimum absolute atomic E-state index is 0.0595. The Bertz CT molecular complexity index is 1410. The minimum atomic E-state index is -1.21. The van der Waals surface area contributed by atoms with E-state index < -0.39 is 17.3 Å². The van der Waals surface area contributed by atoms with Gasteiger partial charge in [0.15, 0.2) is 11.6 Å². The van der Waals surface area contributed by atoms with Gasteiger partial charge in [0.1, 0.15) is 5.75 Å². The number of para-hydroxylation sites is 1. The van der Waals surface area contributed by atoms with E-state index in [2.05, 4.69) is 13.2 Å². The van der Waals surface area contributed by atoms with Crippen molar-refractivity contribution < 1.29 is 14.7 Å². The molecule has 2 aliphatic carbocycles. The van der Waals surface area contributed by atoms with E-state index in [1.54, 1.807) is 12.2 Å². The first-order valence-electron chi connectivity index (χ1n) is 12.2. The van der Waals surface area contributed by atoms with Crippen LogP contribution in [0.15, 0.2) is 122 Å². The summed E-state index contributed by atoms with van der Waals surface area (Å²) < 4.78 is 0. The summed E-state index contributed by atoms with van der Waals surface area (Å²) in [4.78, 5) is 28.6. The topological polar surface area (TPSA) is 54.4 Å². The first kappa shape index (κ1) is 23.5. The highest BCUT2D eigenvalue weighted by Crippen LogP contribution is 2.58. The van der Waals surface area contributed by atoms with Gasteiger partial charge in [-0.1, -0.05) is 104 Å². The van der Waals surface area contributed by atoms with Crippen LogP contribution < -0.4 is 0 Å². The third-order valence-corrected chi connectivity index (χ3v) is 7.59. The molecular weight excluding hydrogens is 444 g/mol. The molecule has 36 heavy (non-hydrogen) atoms. The number of phenols is 1. The normalized spacial score (nSPS) is 23.3. The molecule has 0 fully saturated rings. The molecule has 0 heterocycles. The molecule has 1 N–H and O–H groups in total. The zero-order chi connectivity index (χ0) is 25.3. The van der Waals surface area contributed by atoms with Crippen LogP contribution in [0.25, 0.3) is 5.57 Å². The van der Waals surface area contributed by atoms with E-state index in [9.17, 15) is 14.7 Å². The summed E-state index contributed by atoms with van der Waals surface area (Å²) in [5.41, 5.74) is 2.91. The van der Waals surface area contributed by atoms with Crippen molar-refractivity contribution in [2.45, 2.75) is 24.2 Å². The van der Waals surface area contributed by atoms with E-state index in [1.807, 2.05) is 84.9 Å². The van der Waals surface area contributed by atoms with Gasteiger partial charge in [0, 0.05) is 23.0 Å². The van der Waals surface area contributed by atoms with Crippen LogP contribution in [-0.2, 0) is 21.4 Å². The molecule has 0 amide bonds. The van der Waals surface area contributed by atoms with Crippen LogP contribution in [0.2, 0.25) is 0 Å². The summed E-state index contributed by atoms with van der Waals surface area (Å²) in [7, 11) is 0. The molecule has 3 aromatic rings. The van der Waals surface area contributed by atoms with Gasteiger partial charge in [-0.2, -0.15) is 0 Å². The zero-order valence-electron chi connectivity index (χ0n) is 20.1. The Kier molecular flexibility index (Phi) is 6.15. The average molecular weight is 473 g/mol. The first-order chi connectivity index (χ1) is 17.5. The van der Waals surface area contributed by atoms with Crippen molar-refractivity contribution in [3.63, 3.8) is 0 Å². The van der Waals surface area contributed by atoms with Gasteiger partial charge in [0.05, 0.1) is 5.41 Å². The van der Waals surface area contributed by atoms with Crippen molar-refractivity contribution in [3.05, 3.63) is 144 Å². The highest BCUT2D eigenvalue weighted by molar-refractivity contribution is 6.31. The highest BCUT2D eigenvalue weighted by atomic mass is 16.3. The van der Waals surface area contributed by atoms with Crippen LogP contribution in [0, 0.1) is 5.92 Å². The highest BCUT2D eigenvalue weighted by Gasteiger charge is 2.59. The standard InChI is InChI=1S/C33H28O3/c1-3-12-24-15-11-18-26(31(24)35)30-22(4-2)19-20-28-32(36)27(23-13-7-5-8-14-23)21-29(34)33(28,30)25-16-9-6-10-17-25/h3-11,13-19,21,28,30,35H,1-2,12,20H2. The number of rotatable bonds is 6. The van der Waals surface area contributed by atoms with Crippen molar-refractivity contribution in [2.24, 2.45) is 5.92 Å². The summed E-state index contributed by atoms with van der Waals surface area (Å²) in [5.74, 6) is -1.27. The number of hydrogen-bond acceptors (Lipinski definition) is 3. The number of ketones is 2. The third kappa shape index (κ3) is 3.51. The molecule has 3 atom stereocenters. The van der Waals surface area contributed by atoms with Crippen molar-refractivity contribution in [1.29, 1.82) is 0 Å². The molecule has 0 aromatic heterocycles. The molecule has 3 unspecified atom stereocenters. The zero-order valence-corrected chi connectivity index (χ0v) is 20.1. The Hall–Kier alpha value is -4.24. The molecule has 3 aromatic carbocycles. The lowest BCUT2D eigenvalue weighted by atomic mass is 9.50. The largest absolute Gasteiger partial charge is 0.507 e. The van der Waals surface area contributed by atoms with E-state index in [-0.39, 0.29) is 17.3 Å². The van der Waals surface area contributed by atoms with Crippen LogP contribution in [0.4, 0.5) is 0 Å². The number of hydrogen-bond donors (Lipinski definition) is 1. The van der Waals surface area contributed by atoms with Gasteiger partial charge in [-0.25, -0.2) is 0 Å². The second kappa shape index (κ2) is 9.43. The summed E-state index contributed by atoms with van der Waals surface area (Å²) >= 11 is 0. The Morgan fingerprint density at radius 2 is 1.61 bits per heavy atom. The Morgan fingerprint density at radius 1 is 0.917 bits per heavy atom. The average Bonchev–Trinajstić information content (AvgIpc) is 2.92. The monoisotopic (exact) mass is 472 g/mol. The quantitative estimate of drug-likeness (QED) is 0.416. The van der Waals surface area contributed by atoms with Gasteiger partial charge >= 0.3 is 0 Å². The number of allylic oxidation sites excluding steroid dienone is 6. The van der Waals surface area contributed by atoms with Gasteiger partial charge in [-0.15, -0.1) is 6.58 Å². The maximum atomic E-state index is 14.5. The van der Waals surface area contributed by atoms with Gasteiger partial charge in [0.25, 0.3) is 0 Å². The second-order valence-electron chi connectivity index (χ2n) is 9.36. The fraction of sp³-hybridized carbons (Fsp3) is 0.152. The fourth-order valence-electron chi connectivity index (χ4n) is 6.02. The van der Waals surface area contributed by atoms with Crippen LogP contribution in [0.3, 0.4) is 0 Å². The van der Waals surface area contributed by atoms with Crippen LogP contribution in [0.5, 0.6) is 5.75 Å². The summed E-state index contributed by atoms with van der Waals surface area (Å²) in [5, 5.41) is 11.4. The maximum absolute atomic E-state index is 14.5. The molecule has 3 heteroatoms.